The Morgan fingerprint density at radius 2 is 1.69 bits per heavy atom. The highest BCUT2D eigenvalue weighted by Crippen LogP contribution is 2.09. The number of halogens is 1. The first kappa shape index (κ1) is 25.1. The molecule has 152 valence electrons. The summed E-state index contributed by atoms with van der Waals surface area (Å²) in [5.74, 6) is 3.52. The van der Waals surface area contributed by atoms with Crippen LogP contribution in [0.3, 0.4) is 0 Å². The van der Waals surface area contributed by atoms with Gasteiger partial charge in [0.1, 0.15) is 12.4 Å². The van der Waals surface area contributed by atoms with Gasteiger partial charge in [0.05, 0.1) is 0 Å². The molecule has 0 aliphatic heterocycles. The fourth-order valence-corrected chi connectivity index (χ4v) is 2.53. The van der Waals surface area contributed by atoms with Gasteiger partial charge in [0, 0.05) is 20.1 Å². The van der Waals surface area contributed by atoms with E-state index in [4.69, 9.17) is 0 Å². The van der Waals surface area contributed by atoms with Crippen molar-refractivity contribution in [2.24, 2.45) is 18.0 Å². The van der Waals surface area contributed by atoms with E-state index >= 15 is 0 Å². The van der Waals surface area contributed by atoms with E-state index in [0.717, 1.165) is 43.0 Å². The van der Waals surface area contributed by atoms with Crippen LogP contribution in [0.1, 0.15) is 77.4 Å². The van der Waals surface area contributed by atoms with Gasteiger partial charge in [-0.15, -0.1) is 34.2 Å². The molecule has 0 saturated heterocycles. The van der Waals surface area contributed by atoms with Crippen molar-refractivity contribution in [3.8, 4) is 0 Å². The summed E-state index contributed by atoms with van der Waals surface area (Å²) in [5, 5.41) is 15.1. The number of hydrogen-bond donors (Lipinski definition) is 2. The second-order valence-electron chi connectivity index (χ2n) is 7.19. The Morgan fingerprint density at radius 3 is 2.27 bits per heavy atom. The summed E-state index contributed by atoms with van der Waals surface area (Å²) in [6.45, 7) is 11.2. The van der Waals surface area contributed by atoms with E-state index in [1.54, 1.807) is 0 Å². The predicted molar refractivity (Wildman–Crippen MR) is 121 cm³/mol. The maximum Gasteiger partial charge on any atom is 0.191 e. The molecule has 26 heavy (non-hydrogen) atoms. The third-order valence-electron chi connectivity index (χ3n) is 4.38. The van der Waals surface area contributed by atoms with Gasteiger partial charge in [-0.1, -0.05) is 52.9 Å². The highest BCUT2D eigenvalue weighted by Gasteiger charge is 2.05. The number of aliphatic imine (C=N–C) groups is 1. The smallest absolute Gasteiger partial charge is 0.191 e. The number of nitrogens with zero attached hydrogens (tertiary/aromatic N) is 4. The van der Waals surface area contributed by atoms with Crippen molar-refractivity contribution < 1.29 is 0 Å². The van der Waals surface area contributed by atoms with E-state index in [-0.39, 0.29) is 24.0 Å². The molecule has 0 saturated carbocycles. The van der Waals surface area contributed by atoms with E-state index in [1.807, 2.05) is 18.5 Å². The first-order chi connectivity index (χ1) is 12.0. The largest absolute Gasteiger partial charge is 0.356 e. The minimum absolute atomic E-state index is 0. The molecule has 2 N–H and O–H groups in total. The van der Waals surface area contributed by atoms with Crippen molar-refractivity contribution in [1.82, 2.24) is 25.4 Å². The molecule has 0 unspecified atom stereocenters. The predicted octanol–water partition coefficient (Wildman–Crippen LogP) is 4.18. The summed E-state index contributed by atoms with van der Waals surface area (Å²) in [7, 11) is 1.98. The van der Waals surface area contributed by atoms with E-state index in [2.05, 4.69) is 46.6 Å². The van der Waals surface area contributed by atoms with Gasteiger partial charge in [-0.2, -0.15) is 0 Å². The lowest BCUT2D eigenvalue weighted by molar-refractivity contribution is 0.518. The molecule has 1 rings (SSSR count). The van der Waals surface area contributed by atoms with Crippen LogP contribution >= 0.6 is 24.0 Å². The number of aromatic nitrogens is 3. The van der Waals surface area contributed by atoms with E-state index in [0.29, 0.717) is 6.54 Å². The Morgan fingerprint density at radius 1 is 1.04 bits per heavy atom. The molecule has 0 bridgehead atoms. The van der Waals surface area contributed by atoms with Gasteiger partial charge in [0.25, 0.3) is 0 Å². The highest BCUT2D eigenvalue weighted by atomic mass is 127. The molecule has 0 aliphatic carbocycles. The molecular weight excluding hydrogens is 439 g/mol. The van der Waals surface area contributed by atoms with Crippen LogP contribution in [0.25, 0.3) is 0 Å². The minimum Gasteiger partial charge on any atom is -0.356 e. The molecule has 7 heteroatoms. The second kappa shape index (κ2) is 15.2. The SMILES string of the molecule is CCCCNC(=NCc1nnc(C)n1C)NCCCCCCC(C)C.I. The molecule has 0 aromatic carbocycles. The zero-order valence-electron chi connectivity index (χ0n) is 17.3. The van der Waals surface area contributed by atoms with Gasteiger partial charge in [-0.25, -0.2) is 4.99 Å². The lowest BCUT2D eigenvalue weighted by atomic mass is 10.0. The standard InChI is InChI=1S/C19H38N6.HI/c1-6-7-13-20-19(21-14-11-9-8-10-12-16(2)3)22-15-18-24-23-17(4)25(18)5;/h16H,6-15H2,1-5H3,(H2,20,21,22);1H. The number of guanidine groups is 1. The Labute approximate surface area is 177 Å². The second-order valence-corrected chi connectivity index (χ2v) is 7.19. The van der Waals surface area contributed by atoms with Crippen LogP contribution in [0.15, 0.2) is 4.99 Å². The molecule has 0 amide bonds. The fourth-order valence-electron chi connectivity index (χ4n) is 2.53. The number of rotatable bonds is 12. The van der Waals surface area contributed by atoms with Crippen LogP contribution in [0, 0.1) is 12.8 Å². The lowest BCUT2D eigenvalue weighted by Gasteiger charge is -2.12. The summed E-state index contributed by atoms with van der Waals surface area (Å²) >= 11 is 0. The Balaban J connectivity index is 0.00000625. The monoisotopic (exact) mass is 478 g/mol. The normalized spacial score (nSPS) is 11.5. The van der Waals surface area contributed by atoms with Crippen LogP contribution in [0.2, 0.25) is 0 Å². The summed E-state index contributed by atoms with van der Waals surface area (Å²) in [4.78, 5) is 4.67. The molecule has 1 aromatic rings. The summed E-state index contributed by atoms with van der Waals surface area (Å²) < 4.78 is 1.99. The van der Waals surface area contributed by atoms with Gasteiger partial charge in [0.2, 0.25) is 0 Å². The maximum absolute atomic E-state index is 4.67. The van der Waals surface area contributed by atoms with Crippen molar-refractivity contribution in [2.75, 3.05) is 13.1 Å². The molecule has 1 aromatic heterocycles. The van der Waals surface area contributed by atoms with Gasteiger partial charge in [-0.05, 0) is 25.7 Å². The molecule has 0 atom stereocenters. The maximum atomic E-state index is 4.67. The van der Waals surface area contributed by atoms with Crippen molar-refractivity contribution in [3.63, 3.8) is 0 Å². The number of unbranched alkanes of at least 4 members (excludes halogenated alkanes) is 4. The van der Waals surface area contributed by atoms with Gasteiger partial charge >= 0.3 is 0 Å². The zero-order chi connectivity index (χ0) is 18.5. The minimum atomic E-state index is 0. The highest BCUT2D eigenvalue weighted by molar-refractivity contribution is 14.0. The Bertz CT molecular complexity index is 498. The van der Waals surface area contributed by atoms with Gasteiger partial charge < -0.3 is 15.2 Å². The number of nitrogens with one attached hydrogen (secondary N) is 2. The molecular formula is C19H39IN6. The molecule has 0 radical (unpaired) electrons. The van der Waals surface area contributed by atoms with Crippen LogP contribution < -0.4 is 10.6 Å². The quantitative estimate of drug-likeness (QED) is 0.205. The van der Waals surface area contributed by atoms with E-state index in [1.165, 1.54) is 38.5 Å². The number of hydrogen-bond acceptors (Lipinski definition) is 3. The summed E-state index contributed by atoms with van der Waals surface area (Å²) in [6.07, 6.45) is 8.82. The zero-order valence-corrected chi connectivity index (χ0v) is 19.7. The molecule has 0 fully saturated rings. The van der Waals surface area contributed by atoms with Crippen LogP contribution in [-0.4, -0.2) is 33.8 Å². The van der Waals surface area contributed by atoms with Crippen molar-refractivity contribution in [3.05, 3.63) is 11.6 Å². The summed E-state index contributed by atoms with van der Waals surface area (Å²) in [6, 6.07) is 0. The van der Waals surface area contributed by atoms with Crippen molar-refractivity contribution in [2.45, 2.75) is 79.2 Å². The first-order valence-electron chi connectivity index (χ1n) is 9.91. The number of aryl methyl sites for hydroxylation is 1. The molecule has 0 aliphatic rings. The average molecular weight is 478 g/mol. The van der Waals surface area contributed by atoms with Crippen molar-refractivity contribution in [1.29, 1.82) is 0 Å². The Kier molecular flexibility index (Phi) is 14.7. The van der Waals surface area contributed by atoms with E-state index in [9.17, 15) is 0 Å². The van der Waals surface area contributed by atoms with Crippen molar-refractivity contribution >= 4 is 29.9 Å². The molecule has 1 heterocycles. The first-order valence-corrected chi connectivity index (χ1v) is 9.91. The van der Waals surface area contributed by atoms with Gasteiger partial charge in [-0.3, -0.25) is 0 Å². The third-order valence-corrected chi connectivity index (χ3v) is 4.38. The summed E-state index contributed by atoms with van der Waals surface area (Å²) in [5.41, 5.74) is 0. The van der Waals surface area contributed by atoms with Gasteiger partial charge in [0.15, 0.2) is 11.8 Å². The molecule has 0 spiro atoms. The lowest BCUT2D eigenvalue weighted by Crippen LogP contribution is -2.38. The third kappa shape index (κ3) is 11.0. The van der Waals surface area contributed by atoms with Crippen LogP contribution in [-0.2, 0) is 13.6 Å². The van der Waals surface area contributed by atoms with Crippen LogP contribution in [0.4, 0.5) is 0 Å². The molecule has 6 nitrogen and oxygen atoms in total. The fraction of sp³-hybridized carbons (Fsp3) is 0.842. The topological polar surface area (TPSA) is 67.1 Å². The van der Waals surface area contributed by atoms with Crippen LogP contribution in [0.5, 0.6) is 0 Å². The average Bonchev–Trinajstić information content (AvgIpc) is 2.90. The Hall–Kier alpha value is -0.860. The van der Waals surface area contributed by atoms with E-state index < -0.39 is 0 Å².